The number of carbonyl (C=O) groups excluding carboxylic acids is 4. The van der Waals surface area contributed by atoms with E-state index in [0.29, 0.717) is 0 Å². The molecule has 0 unspecified atom stereocenters. The van der Waals surface area contributed by atoms with Crippen molar-refractivity contribution in [3.63, 3.8) is 0 Å². The fraction of sp³-hybridized carbons (Fsp3) is 0.556. The van der Waals surface area contributed by atoms with Crippen molar-refractivity contribution in [2.45, 2.75) is 38.6 Å². The van der Waals surface area contributed by atoms with Gasteiger partial charge in [-0.15, -0.1) is 0 Å². The maximum Gasteiger partial charge on any atom is 0.352 e. The van der Waals surface area contributed by atoms with Crippen LogP contribution in [0.25, 0.3) is 0 Å². The van der Waals surface area contributed by atoms with Crippen LogP contribution in [0.5, 0.6) is 0 Å². The van der Waals surface area contributed by atoms with Gasteiger partial charge < -0.3 is 30.0 Å². The highest BCUT2D eigenvalue weighted by molar-refractivity contribution is 7.56. The molecule has 0 spiro atoms. The summed E-state index contributed by atoms with van der Waals surface area (Å²) in [7, 11) is -2.68. The van der Waals surface area contributed by atoms with Gasteiger partial charge in [0.05, 0.1) is 38.6 Å². The number of primary amides is 2. The third kappa shape index (κ3) is 3.69. The Labute approximate surface area is 201 Å². The van der Waals surface area contributed by atoms with Crippen LogP contribution in [0.15, 0.2) is 22.5 Å². The van der Waals surface area contributed by atoms with Crippen LogP contribution in [0.4, 0.5) is 9.59 Å². The number of hydrazine groups is 2. The molecule has 0 atom stereocenters. The highest BCUT2D eigenvalue weighted by Gasteiger charge is 2.82. The van der Waals surface area contributed by atoms with Gasteiger partial charge in [-0.25, -0.2) is 40.0 Å². The van der Waals surface area contributed by atoms with Gasteiger partial charge >= 0.3 is 31.6 Å². The monoisotopic (exact) mass is 519 g/mol. The molecule has 2 rings (SSSR count). The molecule has 0 saturated heterocycles. The molecule has 0 aromatic heterocycles. The Morgan fingerprint density at radius 2 is 1.20 bits per heavy atom. The zero-order chi connectivity index (χ0) is 26.9. The quantitative estimate of drug-likeness (QED) is 0.188. The molecular formula is C18H30N7O9P. The zero-order valence-electron chi connectivity index (χ0n) is 20.2. The molecule has 0 aliphatic carbocycles. The first-order valence-electron chi connectivity index (χ1n) is 10.3. The lowest BCUT2D eigenvalue weighted by Crippen LogP contribution is -2.77. The summed E-state index contributed by atoms with van der Waals surface area (Å²) in [5.74, 6) is -4.68. The number of amides is 4. The standard InChI is InChI=1S/C18H30N7O9P/c1-7-33-35(30,34-8-2)17-11(13(26)31-5)9(3)24(22-15(19)28)18(17,21)25(23-16(20)29)10(4)12(17)14(27)32-6/h7-8,21H2,1-6H3,(H3,19,22,28)(H3,20,23,29). The van der Waals surface area contributed by atoms with Gasteiger partial charge in [0.25, 0.3) is 0 Å². The minimum absolute atomic E-state index is 0.150. The number of methoxy groups -OCH3 is 2. The predicted octanol–water partition coefficient (Wildman–Crippen LogP) is -0.704. The van der Waals surface area contributed by atoms with Crippen LogP contribution < -0.4 is 28.1 Å². The average Bonchev–Trinajstić information content (AvgIpc) is 3.08. The fourth-order valence-corrected chi connectivity index (χ4v) is 7.37. The van der Waals surface area contributed by atoms with Crippen molar-refractivity contribution in [2.75, 3.05) is 27.4 Å². The summed E-state index contributed by atoms with van der Waals surface area (Å²) in [5.41, 5.74) is 20.8. The first-order chi connectivity index (χ1) is 16.3. The van der Waals surface area contributed by atoms with Crippen LogP contribution in [-0.4, -0.2) is 72.4 Å². The van der Waals surface area contributed by atoms with Crippen molar-refractivity contribution < 1.29 is 42.3 Å². The Bertz CT molecular complexity index is 987. The summed E-state index contributed by atoms with van der Waals surface area (Å²) >= 11 is 0. The van der Waals surface area contributed by atoms with Gasteiger partial charge in [-0.3, -0.25) is 10.3 Å². The van der Waals surface area contributed by atoms with Gasteiger partial charge in [-0.2, -0.15) is 0 Å². The molecule has 0 saturated carbocycles. The van der Waals surface area contributed by atoms with E-state index in [1.807, 2.05) is 0 Å². The molecule has 16 nitrogen and oxygen atoms in total. The van der Waals surface area contributed by atoms with Crippen LogP contribution in [0, 0.1) is 0 Å². The van der Waals surface area contributed by atoms with E-state index in [4.69, 9.17) is 35.7 Å². The summed E-state index contributed by atoms with van der Waals surface area (Å²) in [5, 5.41) is -0.853. The third-order valence-corrected chi connectivity index (χ3v) is 8.36. The Balaban J connectivity index is 3.25. The largest absolute Gasteiger partial charge is 0.466 e. The smallest absolute Gasteiger partial charge is 0.352 e. The van der Waals surface area contributed by atoms with E-state index in [9.17, 15) is 23.7 Å². The number of carbonyl (C=O) groups is 4. The second-order valence-electron chi connectivity index (χ2n) is 7.30. The maximum atomic E-state index is 14.7. The molecular weight excluding hydrogens is 489 g/mol. The Morgan fingerprint density at radius 3 is 1.46 bits per heavy atom. The second-order valence-corrected chi connectivity index (χ2v) is 9.48. The molecule has 196 valence electrons. The lowest BCUT2D eigenvalue weighted by molar-refractivity contribution is -0.138. The number of hydrogen-bond donors (Lipinski definition) is 5. The highest BCUT2D eigenvalue weighted by atomic mass is 31.2. The number of nitrogens with one attached hydrogen (secondary N) is 2. The fourth-order valence-electron chi connectivity index (χ4n) is 4.57. The number of nitrogens with two attached hydrogens (primary N) is 3. The molecule has 2 aliphatic rings. The molecule has 8 N–H and O–H groups in total. The van der Waals surface area contributed by atoms with Gasteiger partial charge in [0, 0.05) is 11.4 Å². The molecule has 0 radical (unpaired) electrons. The minimum Gasteiger partial charge on any atom is -0.466 e. The van der Waals surface area contributed by atoms with Crippen molar-refractivity contribution in [1.82, 2.24) is 20.9 Å². The number of ether oxygens (including phenoxy) is 2. The SMILES string of the molecule is CCOP(=O)(OCC)C12C(C(=O)OC)=C(C)N(NC(N)=O)C1(N)N(NC(N)=O)C(C)=C2C(=O)OC. The minimum atomic E-state index is -4.75. The molecule has 0 aromatic carbocycles. The van der Waals surface area contributed by atoms with Crippen LogP contribution in [-0.2, 0) is 32.7 Å². The topological polar surface area (TPSA) is 231 Å². The van der Waals surface area contributed by atoms with E-state index in [2.05, 4.69) is 10.9 Å². The first kappa shape index (κ1) is 27.9. The summed E-state index contributed by atoms with van der Waals surface area (Å²) in [4.78, 5) is 50.4. The number of fused-ring (bicyclic) bond motifs is 1. The Kier molecular flexibility index (Phi) is 7.76. The lowest BCUT2D eigenvalue weighted by Gasteiger charge is -2.49. The number of rotatable bonds is 9. The zero-order valence-corrected chi connectivity index (χ0v) is 21.1. The Morgan fingerprint density at radius 1 is 0.857 bits per heavy atom. The van der Waals surface area contributed by atoms with E-state index in [-0.39, 0.29) is 24.6 Å². The second kappa shape index (κ2) is 9.73. The maximum absolute atomic E-state index is 14.7. The van der Waals surface area contributed by atoms with E-state index in [1.165, 1.54) is 27.7 Å². The van der Waals surface area contributed by atoms with Crippen molar-refractivity contribution in [2.24, 2.45) is 17.2 Å². The molecule has 0 bridgehead atoms. The highest BCUT2D eigenvalue weighted by Crippen LogP contribution is 2.75. The summed E-state index contributed by atoms with van der Waals surface area (Å²) in [6, 6.07) is -2.31. The van der Waals surface area contributed by atoms with E-state index >= 15 is 0 Å². The van der Waals surface area contributed by atoms with Crippen LogP contribution in [0.2, 0.25) is 0 Å². The molecule has 4 amide bonds. The summed E-state index contributed by atoms with van der Waals surface area (Å²) in [6.07, 6.45) is 0. The van der Waals surface area contributed by atoms with Crippen molar-refractivity contribution in [3.8, 4) is 0 Å². The predicted molar refractivity (Wildman–Crippen MR) is 119 cm³/mol. The van der Waals surface area contributed by atoms with Gasteiger partial charge in [0.2, 0.25) is 5.79 Å². The van der Waals surface area contributed by atoms with Crippen LogP contribution >= 0.6 is 7.60 Å². The molecule has 0 fully saturated rings. The number of allylic oxidation sites excluding steroid dienone is 2. The summed E-state index contributed by atoms with van der Waals surface area (Å²) in [6.45, 7) is 5.17. The number of hydrogen-bond acceptors (Lipinski definition) is 12. The van der Waals surface area contributed by atoms with Gasteiger partial charge in [0.1, 0.15) is 0 Å². The lowest BCUT2D eigenvalue weighted by atomic mass is 9.87. The van der Waals surface area contributed by atoms with E-state index < -0.39 is 53.7 Å². The summed E-state index contributed by atoms with van der Waals surface area (Å²) < 4.78 is 35.8. The van der Waals surface area contributed by atoms with Gasteiger partial charge in [0.15, 0.2) is 5.16 Å². The van der Waals surface area contributed by atoms with Crippen molar-refractivity contribution in [3.05, 3.63) is 22.5 Å². The number of esters is 2. The van der Waals surface area contributed by atoms with Crippen molar-refractivity contribution >= 4 is 31.6 Å². The molecule has 35 heavy (non-hydrogen) atoms. The third-order valence-electron chi connectivity index (χ3n) is 5.56. The molecule has 17 heteroatoms. The number of nitrogens with zero attached hydrogens (tertiary/aromatic N) is 2. The number of urea groups is 2. The molecule has 0 aromatic rings. The van der Waals surface area contributed by atoms with E-state index in [1.54, 1.807) is 0 Å². The van der Waals surface area contributed by atoms with E-state index in [0.717, 1.165) is 24.2 Å². The first-order valence-corrected chi connectivity index (χ1v) is 11.8. The normalized spacial score (nSPS) is 23.9. The van der Waals surface area contributed by atoms with Gasteiger partial charge in [-0.1, -0.05) is 0 Å². The Hall–Kier alpha value is -3.33. The van der Waals surface area contributed by atoms with Crippen LogP contribution in [0.3, 0.4) is 0 Å². The molecule has 2 heterocycles. The average molecular weight is 519 g/mol. The van der Waals surface area contributed by atoms with Crippen molar-refractivity contribution in [1.29, 1.82) is 0 Å². The molecule has 2 aliphatic heterocycles. The van der Waals surface area contributed by atoms with Crippen LogP contribution in [0.1, 0.15) is 27.7 Å². The van der Waals surface area contributed by atoms with Gasteiger partial charge in [-0.05, 0) is 27.7 Å².